The molecule has 1 aliphatic heterocycles. The first kappa shape index (κ1) is 12.8. The number of aromatic hydroxyl groups is 1. The number of benzene rings is 2. The van der Waals surface area contributed by atoms with Gasteiger partial charge in [0.05, 0.1) is 6.61 Å². The predicted molar refractivity (Wildman–Crippen MR) is 77.1 cm³/mol. The van der Waals surface area contributed by atoms with Gasteiger partial charge in [-0.05, 0) is 35.4 Å². The quantitative estimate of drug-likeness (QED) is 0.882. The second-order valence-corrected chi connectivity index (χ2v) is 5.15. The van der Waals surface area contributed by atoms with Crippen molar-refractivity contribution < 1.29 is 14.6 Å². The van der Waals surface area contributed by atoms with E-state index in [0.717, 1.165) is 28.5 Å². The van der Waals surface area contributed by atoms with Gasteiger partial charge in [-0.15, -0.1) is 0 Å². The summed E-state index contributed by atoms with van der Waals surface area (Å²) in [4.78, 5) is 11.1. The molecule has 2 N–H and O–H groups in total. The van der Waals surface area contributed by atoms with Crippen LogP contribution in [-0.4, -0.2) is 24.2 Å². The van der Waals surface area contributed by atoms with E-state index in [4.69, 9.17) is 4.74 Å². The molecule has 104 valence electrons. The molecule has 1 atom stereocenters. The smallest absolute Gasteiger partial charge is 0.216 e. The van der Waals surface area contributed by atoms with Gasteiger partial charge in [0.25, 0.3) is 0 Å². The summed E-state index contributed by atoms with van der Waals surface area (Å²) < 4.78 is 5.71. The van der Waals surface area contributed by atoms with Crippen LogP contribution in [0.15, 0.2) is 30.3 Å². The molecule has 1 amide bonds. The summed E-state index contributed by atoms with van der Waals surface area (Å²) in [5.41, 5.74) is 1.08. The fourth-order valence-electron chi connectivity index (χ4n) is 2.78. The van der Waals surface area contributed by atoms with Crippen LogP contribution in [0.4, 0.5) is 0 Å². The van der Waals surface area contributed by atoms with Gasteiger partial charge >= 0.3 is 0 Å². The molecule has 4 heteroatoms. The number of hydrogen-bond donors (Lipinski definition) is 2. The number of ether oxygens (including phenoxy) is 1. The zero-order valence-corrected chi connectivity index (χ0v) is 11.3. The fraction of sp³-hybridized carbons (Fsp3) is 0.312. The van der Waals surface area contributed by atoms with Crippen molar-refractivity contribution in [2.24, 2.45) is 0 Å². The maximum absolute atomic E-state index is 11.1. The number of fused-ring (bicyclic) bond motifs is 3. The van der Waals surface area contributed by atoms with Crippen LogP contribution in [0, 0.1) is 0 Å². The molecule has 2 aromatic rings. The van der Waals surface area contributed by atoms with Crippen molar-refractivity contribution in [2.75, 3.05) is 13.2 Å². The number of carbonyl (C=O) groups excluding carboxylic acids is 1. The highest BCUT2D eigenvalue weighted by atomic mass is 16.5. The molecule has 0 spiro atoms. The van der Waals surface area contributed by atoms with Crippen LogP contribution in [0.25, 0.3) is 10.8 Å². The Balaban J connectivity index is 2.09. The van der Waals surface area contributed by atoms with E-state index in [1.807, 2.05) is 18.2 Å². The minimum absolute atomic E-state index is 0.0267. The third kappa shape index (κ3) is 2.29. The van der Waals surface area contributed by atoms with Crippen LogP contribution in [-0.2, 0) is 4.79 Å². The SMILES string of the molecule is CC(=O)NCC1CCOc2ccc3ccc(O)cc3c21. The fourth-order valence-corrected chi connectivity index (χ4v) is 2.78. The molecule has 0 bridgehead atoms. The van der Waals surface area contributed by atoms with Gasteiger partial charge in [-0.1, -0.05) is 12.1 Å². The largest absolute Gasteiger partial charge is 0.508 e. The molecule has 0 aliphatic carbocycles. The Labute approximate surface area is 117 Å². The lowest BCUT2D eigenvalue weighted by Gasteiger charge is -2.27. The highest BCUT2D eigenvalue weighted by Crippen LogP contribution is 2.39. The van der Waals surface area contributed by atoms with Crippen LogP contribution in [0.2, 0.25) is 0 Å². The van der Waals surface area contributed by atoms with E-state index in [2.05, 4.69) is 5.32 Å². The van der Waals surface area contributed by atoms with E-state index in [0.29, 0.717) is 13.2 Å². The summed E-state index contributed by atoms with van der Waals surface area (Å²) in [5, 5.41) is 14.7. The molecule has 0 aromatic heterocycles. The maximum atomic E-state index is 11.1. The minimum atomic E-state index is -0.0267. The summed E-state index contributed by atoms with van der Waals surface area (Å²) in [6.07, 6.45) is 0.863. The Bertz CT molecular complexity index is 666. The Morgan fingerprint density at radius 2 is 2.20 bits per heavy atom. The predicted octanol–water partition coefficient (Wildman–Crippen LogP) is 2.55. The van der Waals surface area contributed by atoms with E-state index < -0.39 is 0 Å². The third-order valence-electron chi connectivity index (χ3n) is 3.74. The van der Waals surface area contributed by atoms with Gasteiger partial charge in [0.2, 0.25) is 5.91 Å². The van der Waals surface area contributed by atoms with Crippen LogP contribution >= 0.6 is 0 Å². The standard InChI is InChI=1S/C16H17NO3/c1-10(18)17-9-12-6-7-20-15-5-3-11-2-4-13(19)8-14(11)16(12)15/h2-5,8,12,19H,6-7,9H2,1H3,(H,17,18). The number of rotatable bonds is 2. The van der Waals surface area contributed by atoms with Crippen molar-refractivity contribution >= 4 is 16.7 Å². The lowest BCUT2D eigenvalue weighted by Crippen LogP contribution is -2.29. The molecule has 0 radical (unpaired) electrons. The average molecular weight is 271 g/mol. The molecule has 1 unspecified atom stereocenters. The van der Waals surface area contributed by atoms with E-state index in [1.165, 1.54) is 6.92 Å². The number of nitrogens with one attached hydrogen (secondary N) is 1. The van der Waals surface area contributed by atoms with Crippen LogP contribution in [0.5, 0.6) is 11.5 Å². The van der Waals surface area contributed by atoms with Crippen molar-refractivity contribution in [3.05, 3.63) is 35.9 Å². The Morgan fingerprint density at radius 3 is 3.00 bits per heavy atom. The lowest BCUT2D eigenvalue weighted by atomic mass is 9.88. The monoisotopic (exact) mass is 271 g/mol. The summed E-state index contributed by atoms with van der Waals surface area (Å²) in [7, 11) is 0. The molecule has 0 fully saturated rings. The number of phenolic OH excluding ortho intramolecular Hbond substituents is 1. The first-order valence-electron chi connectivity index (χ1n) is 6.78. The van der Waals surface area contributed by atoms with E-state index >= 15 is 0 Å². The van der Waals surface area contributed by atoms with Crippen LogP contribution in [0.3, 0.4) is 0 Å². The van der Waals surface area contributed by atoms with Crippen molar-refractivity contribution in [3.63, 3.8) is 0 Å². The molecule has 2 aromatic carbocycles. The minimum Gasteiger partial charge on any atom is -0.508 e. The van der Waals surface area contributed by atoms with Gasteiger partial charge in [0.15, 0.2) is 0 Å². The first-order chi connectivity index (χ1) is 9.65. The summed E-state index contributed by atoms with van der Waals surface area (Å²) >= 11 is 0. The summed E-state index contributed by atoms with van der Waals surface area (Å²) in [5.74, 6) is 1.29. The molecular formula is C16H17NO3. The molecule has 1 aliphatic rings. The number of carbonyl (C=O) groups is 1. The molecule has 0 saturated carbocycles. The molecular weight excluding hydrogens is 254 g/mol. The van der Waals surface area contributed by atoms with Gasteiger partial charge in [-0.3, -0.25) is 4.79 Å². The molecule has 1 heterocycles. The average Bonchev–Trinajstić information content (AvgIpc) is 2.44. The Hall–Kier alpha value is -2.23. The van der Waals surface area contributed by atoms with Crippen LogP contribution < -0.4 is 10.1 Å². The van der Waals surface area contributed by atoms with Crippen molar-refractivity contribution in [1.29, 1.82) is 0 Å². The number of amides is 1. The van der Waals surface area contributed by atoms with E-state index in [1.54, 1.807) is 12.1 Å². The molecule has 3 rings (SSSR count). The topological polar surface area (TPSA) is 58.6 Å². The first-order valence-corrected chi connectivity index (χ1v) is 6.78. The zero-order chi connectivity index (χ0) is 14.1. The summed E-state index contributed by atoms with van der Waals surface area (Å²) in [6, 6.07) is 9.31. The van der Waals surface area contributed by atoms with Gasteiger partial charge in [0, 0.05) is 24.9 Å². The molecule has 4 nitrogen and oxygen atoms in total. The van der Waals surface area contributed by atoms with E-state index in [9.17, 15) is 9.90 Å². The van der Waals surface area contributed by atoms with Crippen molar-refractivity contribution in [1.82, 2.24) is 5.32 Å². The Morgan fingerprint density at radius 1 is 1.40 bits per heavy atom. The van der Waals surface area contributed by atoms with E-state index in [-0.39, 0.29) is 17.6 Å². The van der Waals surface area contributed by atoms with Crippen molar-refractivity contribution in [2.45, 2.75) is 19.3 Å². The Kier molecular flexibility index (Phi) is 3.22. The molecule has 20 heavy (non-hydrogen) atoms. The number of hydrogen-bond acceptors (Lipinski definition) is 3. The molecule has 0 saturated heterocycles. The normalized spacial score (nSPS) is 17.4. The zero-order valence-electron chi connectivity index (χ0n) is 11.3. The number of phenols is 1. The second-order valence-electron chi connectivity index (χ2n) is 5.15. The van der Waals surface area contributed by atoms with Crippen molar-refractivity contribution in [3.8, 4) is 11.5 Å². The third-order valence-corrected chi connectivity index (χ3v) is 3.74. The maximum Gasteiger partial charge on any atom is 0.216 e. The van der Waals surface area contributed by atoms with Gasteiger partial charge < -0.3 is 15.2 Å². The highest BCUT2D eigenvalue weighted by Gasteiger charge is 2.24. The lowest BCUT2D eigenvalue weighted by molar-refractivity contribution is -0.119. The van der Waals surface area contributed by atoms with Gasteiger partial charge in [-0.2, -0.15) is 0 Å². The van der Waals surface area contributed by atoms with Crippen LogP contribution in [0.1, 0.15) is 24.8 Å². The van der Waals surface area contributed by atoms with Gasteiger partial charge in [0.1, 0.15) is 11.5 Å². The van der Waals surface area contributed by atoms with Gasteiger partial charge in [-0.25, -0.2) is 0 Å². The highest BCUT2D eigenvalue weighted by molar-refractivity contribution is 5.89. The second kappa shape index (κ2) is 5.04. The summed E-state index contributed by atoms with van der Waals surface area (Å²) in [6.45, 7) is 2.78.